The molecule has 0 radical (unpaired) electrons. The molecular weight excluding hydrogens is 508 g/mol. The number of carbonyl (C=O) groups is 2. The van der Waals surface area contributed by atoms with Crippen molar-refractivity contribution in [3.05, 3.63) is 69.0 Å². The molecular formula is C32H34N2O6. The van der Waals surface area contributed by atoms with E-state index in [9.17, 15) is 19.5 Å². The van der Waals surface area contributed by atoms with Crippen molar-refractivity contribution in [1.82, 2.24) is 9.55 Å². The van der Waals surface area contributed by atoms with Crippen molar-refractivity contribution < 1.29 is 24.2 Å². The molecule has 40 heavy (non-hydrogen) atoms. The standard InChI is InChI=1S/C32H34N2O6/c1-3-21-23-16-20(40-31(37)39-19-10-8-6-5-7-9-11-19)12-14-26(23)33-29-24(21)18-34-27(29)17-25-22(30(34)36)13-15-28(35)32(25,38)4-2/h8,10,12,14,16-17,19,38H,3-7,9,11,13,15,18H2,1-2H3/b10-8+/t19?,32-/m0/s1. The Labute approximate surface area is 232 Å². The lowest BCUT2D eigenvalue weighted by Gasteiger charge is -2.32. The average molecular weight is 543 g/mol. The second-order valence-electron chi connectivity index (χ2n) is 11.0. The molecule has 1 N–H and O–H groups in total. The normalized spacial score (nSPS) is 22.6. The zero-order chi connectivity index (χ0) is 28.0. The van der Waals surface area contributed by atoms with Gasteiger partial charge in [0, 0.05) is 28.5 Å². The molecule has 1 unspecified atom stereocenters. The van der Waals surface area contributed by atoms with Gasteiger partial charge < -0.3 is 19.1 Å². The Balaban J connectivity index is 1.36. The summed E-state index contributed by atoms with van der Waals surface area (Å²) in [5, 5.41) is 12.1. The molecule has 8 nitrogen and oxygen atoms in total. The van der Waals surface area contributed by atoms with E-state index < -0.39 is 11.8 Å². The van der Waals surface area contributed by atoms with Crippen molar-refractivity contribution in [1.29, 1.82) is 0 Å². The van der Waals surface area contributed by atoms with Crippen LogP contribution in [0.4, 0.5) is 4.79 Å². The van der Waals surface area contributed by atoms with Gasteiger partial charge in [-0.25, -0.2) is 9.78 Å². The summed E-state index contributed by atoms with van der Waals surface area (Å²) in [6.07, 6.45) is 9.43. The Bertz CT molecular complexity index is 1620. The van der Waals surface area contributed by atoms with Gasteiger partial charge in [0.25, 0.3) is 5.56 Å². The third kappa shape index (κ3) is 4.35. The van der Waals surface area contributed by atoms with Crippen LogP contribution in [0.3, 0.4) is 0 Å². The molecule has 208 valence electrons. The van der Waals surface area contributed by atoms with Gasteiger partial charge in [0.05, 0.1) is 23.4 Å². The Morgan fingerprint density at radius 3 is 2.77 bits per heavy atom. The highest BCUT2D eigenvalue weighted by Gasteiger charge is 2.43. The van der Waals surface area contributed by atoms with Gasteiger partial charge in [0.2, 0.25) is 0 Å². The van der Waals surface area contributed by atoms with Crippen molar-refractivity contribution in [2.45, 2.75) is 89.9 Å². The first-order chi connectivity index (χ1) is 19.3. The van der Waals surface area contributed by atoms with Crippen LogP contribution in [0.5, 0.6) is 5.75 Å². The number of aryl methyl sites for hydroxylation is 1. The second kappa shape index (κ2) is 10.3. The lowest BCUT2D eigenvalue weighted by molar-refractivity contribution is -0.140. The number of nitrogens with zero attached hydrogens (tertiary/aromatic N) is 2. The zero-order valence-electron chi connectivity index (χ0n) is 23.0. The monoisotopic (exact) mass is 542 g/mol. The predicted molar refractivity (Wildman–Crippen MR) is 151 cm³/mol. The number of carbonyl (C=O) groups excluding carboxylic acids is 2. The number of aliphatic hydroxyl groups is 1. The smallest absolute Gasteiger partial charge is 0.426 e. The van der Waals surface area contributed by atoms with Crippen molar-refractivity contribution in [2.75, 3.05) is 0 Å². The molecule has 2 aromatic heterocycles. The van der Waals surface area contributed by atoms with Gasteiger partial charge in [0.1, 0.15) is 17.5 Å². The molecule has 3 heterocycles. The number of ether oxygens (including phenoxy) is 2. The number of hydrogen-bond acceptors (Lipinski definition) is 7. The minimum Gasteiger partial charge on any atom is -0.426 e. The van der Waals surface area contributed by atoms with Crippen LogP contribution in [0.1, 0.15) is 81.0 Å². The number of ketones is 1. The fourth-order valence-electron chi connectivity index (χ4n) is 6.46. The average Bonchev–Trinajstić information content (AvgIpc) is 3.29. The number of fused-ring (bicyclic) bond motifs is 5. The maximum absolute atomic E-state index is 13.6. The molecule has 3 aliphatic rings. The summed E-state index contributed by atoms with van der Waals surface area (Å²) in [5.41, 5.74) is 3.06. The van der Waals surface area contributed by atoms with Gasteiger partial charge in [-0.1, -0.05) is 26.3 Å². The van der Waals surface area contributed by atoms with E-state index >= 15 is 0 Å². The fourth-order valence-corrected chi connectivity index (χ4v) is 6.46. The molecule has 0 spiro atoms. The number of rotatable bonds is 4. The van der Waals surface area contributed by atoms with Crippen LogP contribution < -0.4 is 10.3 Å². The summed E-state index contributed by atoms with van der Waals surface area (Å²) in [4.78, 5) is 43.8. The predicted octanol–water partition coefficient (Wildman–Crippen LogP) is 5.50. The number of hydrogen-bond donors (Lipinski definition) is 1. The fraction of sp³-hybridized carbons (Fsp3) is 0.438. The van der Waals surface area contributed by atoms with Crippen molar-refractivity contribution in [2.24, 2.45) is 0 Å². The first kappa shape index (κ1) is 26.4. The molecule has 0 fully saturated rings. The second-order valence-corrected chi connectivity index (χ2v) is 11.0. The minimum absolute atomic E-state index is 0.156. The van der Waals surface area contributed by atoms with E-state index in [1.54, 1.807) is 29.7 Å². The van der Waals surface area contributed by atoms with Gasteiger partial charge in [-0.15, -0.1) is 0 Å². The molecule has 0 bridgehead atoms. The van der Waals surface area contributed by atoms with Crippen molar-refractivity contribution in [3.8, 4) is 17.1 Å². The third-order valence-electron chi connectivity index (χ3n) is 8.67. The summed E-state index contributed by atoms with van der Waals surface area (Å²) >= 11 is 0. The molecule has 8 heteroatoms. The van der Waals surface area contributed by atoms with Crippen LogP contribution in [0, 0.1) is 0 Å². The Morgan fingerprint density at radius 2 is 1.98 bits per heavy atom. The molecule has 1 aliphatic heterocycles. The SMILES string of the molecule is CCc1c2c(nc3ccc(OC(=O)OC4/C=C/CCCCC4)cc13)-c1cc3c(c(=O)n1C2)CCC(=O)[C@]3(O)CC. The molecule has 0 saturated carbocycles. The summed E-state index contributed by atoms with van der Waals surface area (Å²) in [6.45, 7) is 4.17. The minimum atomic E-state index is -1.65. The lowest BCUT2D eigenvalue weighted by Crippen LogP contribution is -2.43. The highest BCUT2D eigenvalue weighted by Crippen LogP contribution is 2.41. The molecule has 1 aromatic carbocycles. The maximum atomic E-state index is 13.6. The van der Waals surface area contributed by atoms with Gasteiger partial charge in [-0.3, -0.25) is 9.59 Å². The van der Waals surface area contributed by atoms with E-state index in [1.165, 1.54) is 0 Å². The summed E-state index contributed by atoms with van der Waals surface area (Å²) < 4.78 is 12.8. The quantitative estimate of drug-likeness (QED) is 0.206. The highest BCUT2D eigenvalue weighted by atomic mass is 16.7. The Morgan fingerprint density at radius 1 is 1.12 bits per heavy atom. The van der Waals surface area contributed by atoms with Crippen LogP contribution in [0.2, 0.25) is 0 Å². The molecule has 2 atom stereocenters. The van der Waals surface area contributed by atoms with Gasteiger partial charge in [-0.2, -0.15) is 0 Å². The molecule has 0 saturated heterocycles. The number of allylic oxidation sites excluding steroid dienone is 1. The highest BCUT2D eigenvalue weighted by molar-refractivity contribution is 5.92. The number of aromatic nitrogens is 2. The topological polar surface area (TPSA) is 108 Å². The van der Waals surface area contributed by atoms with E-state index in [0.717, 1.165) is 48.6 Å². The molecule has 2 aliphatic carbocycles. The number of Topliss-reactive ketones (excluding diaryl/α,β-unsaturated/α-hetero) is 1. The first-order valence-electron chi connectivity index (χ1n) is 14.4. The van der Waals surface area contributed by atoms with Gasteiger partial charge in [-0.05, 0) is 80.9 Å². The van der Waals surface area contributed by atoms with Crippen LogP contribution in [0.15, 0.2) is 41.2 Å². The maximum Gasteiger partial charge on any atom is 0.514 e. The van der Waals surface area contributed by atoms with Gasteiger partial charge >= 0.3 is 6.16 Å². The van der Waals surface area contributed by atoms with Crippen LogP contribution in [0.25, 0.3) is 22.3 Å². The Kier molecular flexibility index (Phi) is 6.82. The first-order valence-corrected chi connectivity index (χ1v) is 14.4. The van der Waals surface area contributed by atoms with E-state index in [1.807, 2.05) is 19.1 Å². The lowest BCUT2D eigenvalue weighted by atomic mass is 9.77. The summed E-state index contributed by atoms with van der Waals surface area (Å²) in [6, 6.07) is 7.10. The van der Waals surface area contributed by atoms with Crippen LogP contribution in [-0.2, 0) is 34.5 Å². The van der Waals surface area contributed by atoms with E-state index in [4.69, 9.17) is 14.5 Å². The largest absolute Gasteiger partial charge is 0.514 e. The van der Waals surface area contributed by atoms with Crippen molar-refractivity contribution in [3.63, 3.8) is 0 Å². The zero-order valence-corrected chi connectivity index (χ0v) is 23.0. The van der Waals surface area contributed by atoms with Crippen LogP contribution >= 0.6 is 0 Å². The summed E-state index contributed by atoms with van der Waals surface area (Å²) in [7, 11) is 0. The number of benzene rings is 1. The number of pyridine rings is 2. The summed E-state index contributed by atoms with van der Waals surface area (Å²) in [5.74, 6) is 0.126. The van der Waals surface area contributed by atoms with Crippen LogP contribution in [-0.4, -0.2) is 32.7 Å². The van der Waals surface area contributed by atoms with Crippen molar-refractivity contribution >= 4 is 22.8 Å². The molecule has 3 aromatic rings. The van der Waals surface area contributed by atoms with E-state index in [0.29, 0.717) is 53.2 Å². The molecule has 0 amide bonds. The third-order valence-corrected chi connectivity index (χ3v) is 8.67. The Hall–Kier alpha value is -3.78. The van der Waals surface area contributed by atoms with E-state index in [-0.39, 0.29) is 30.3 Å². The molecule has 6 rings (SSSR count). The van der Waals surface area contributed by atoms with E-state index in [2.05, 4.69) is 6.08 Å². The van der Waals surface area contributed by atoms with Gasteiger partial charge in [0.15, 0.2) is 5.78 Å².